The summed E-state index contributed by atoms with van der Waals surface area (Å²) >= 11 is 0. The Labute approximate surface area is 128 Å². The number of hydrogen-bond acceptors (Lipinski definition) is 2. The molecule has 2 N–H and O–H groups in total. The number of benzene rings is 2. The summed E-state index contributed by atoms with van der Waals surface area (Å²) in [5, 5.41) is 1.19. The lowest BCUT2D eigenvalue weighted by Crippen LogP contribution is -1.97. The molecular weight excluding hydrogens is 274 g/mol. The lowest BCUT2D eigenvalue weighted by Gasteiger charge is -2.11. The van der Waals surface area contributed by atoms with Gasteiger partial charge in [0.05, 0.1) is 18.1 Å². The second kappa shape index (κ2) is 4.91. The molecule has 0 unspecified atom stereocenters. The molecule has 2 aromatic heterocycles. The maximum atomic E-state index is 5.59. The number of aromatic amines is 2. The van der Waals surface area contributed by atoms with Crippen LogP contribution in [0.2, 0.25) is 0 Å². The number of ether oxygens (including phenoxy) is 1. The van der Waals surface area contributed by atoms with Crippen LogP contribution in [0.25, 0.3) is 21.9 Å². The van der Waals surface area contributed by atoms with Crippen LogP contribution in [0.15, 0.2) is 42.6 Å². The monoisotopic (exact) mass is 291 g/mol. The van der Waals surface area contributed by atoms with Gasteiger partial charge >= 0.3 is 0 Å². The van der Waals surface area contributed by atoms with Gasteiger partial charge in [-0.3, -0.25) is 0 Å². The quantitative estimate of drug-likeness (QED) is 0.600. The van der Waals surface area contributed by atoms with Crippen molar-refractivity contribution < 1.29 is 4.74 Å². The molecule has 4 aromatic rings. The number of hydrogen-bond donors (Lipinski definition) is 2. The van der Waals surface area contributed by atoms with Crippen molar-refractivity contribution >= 4 is 21.9 Å². The number of para-hydroxylation sites is 2. The smallest absolute Gasteiger partial charge is 0.123 e. The SMILES string of the molecule is COc1cc(C)c2[nH]ccc2c1Cc1nc2ccccc2[nH]1. The number of methoxy groups -OCH3 is 1. The molecule has 2 aromatic carbocycles. The number of H-pyrrole nitrogens is 2. The van der Waals surface area contributed by atoms with E-state index in [9.17, 15) is 0 Å². The second-order valence-electron chi connectivity index (χ2n) is 5.52. The molecule has 0 aliphatic rings. The Morgan fingerprint density at radius 2 is 2.05 bits per heavy atom. The topological polar surface area (TPSA) is 53.7 Å². The van der Waals surface area contributed by atoms with Gasteiger partial charge in [0.1, 0.15) is 11.6 Å². The molecule has 0 atom stereocenters. The molecule has 0 saturated heterocycles. The Kier molecular flexibility index (Phi) is 2.89. The Bertz CT molecular complexity index is 932. The lowest BCUT2D eigenvalue weighted by atomic mass is 10.0. The fraction of sp³-hybridized carbons (Fsp3) is 0.167. The Morgan fingerprint density at radius 3 is 2.86 bits per heavy atom. The molecule has 0 spiro atoms. The van der Waals surface area contributed by atoms with Gasteiger partial charge in [-0.25, -0.2) is 4.98 Å². The first-order valence-corrected chi connectivity index (χ1v) is 7.33. The molecule has 0 bridgehead atoms. The zero-order valence-corrected chi connectivity index (χ0v) is 12.6. The molecule has 0 fully saturated rings. The molecule has 4 rings (SSSR count). The Hall–Kier alpha value is -2.75. The van der Waals surface area contributed by atoms with E-state index < -0.39 is 0 Å². The number of fused-ring (bicyclic) bond motifs is 2. The molecule has 0 saturated carbocycles. The molecule has 0 aliphatic carbocycles. The van der Waals surface area contributed by atoms with Crippen molar-refractivity contribution in [3.8, 4) is 5.75 Å². The van der Waals surface area contributed by atoms with Crippen molar-refractivity contribution in [3.63, 3.8) is 0 Å². The van der Waals surface area contributed by atoms with E-state index >= 15 is 0 Å². The summed E-state index contributed by atoms with van der Waals surface area (Å²) in [6.07, 6.45) is 2.69. The minimum Gasteiger partial charge on any atom is -0.496 e. The van der Waals surface area contributed by atoms with Crippen LogP contribution in [0.3, 0.4) is 0 Å². The lowest BCUT2D eigenvalue weighted by molar-refractivity contribution is 0.411. The third-order valence-corrected chi connectivity index (χ3v) is 4.11. The molecule has 0 radical (unpaired) electrons. The predicted octanol–water partition coefficient (Wildman–Crippen LogP) is 3.95. The van der Waals surface area contributed by atoms with E-state index in [0.29, 0.717) is 6.42 Å². The molecular formula is C18H17N3O. The highest BCUT2D eigenvalue weighted by Crippen LogP contribution is 2.32. The van der Waals surface area contributed by atoms with Gasteiger partial charge in [0.15, 0.2) is 0 Å². The number of aromatic nitrogens is 3. The van der Waals surface area contributed by atoms with Crippen LogP contribution in [0.1, 0.15) is 17.0 Å². The zero-order chi connectivity index (χ0) is 15.1. The first-order chi connectivity index (χ1) is 10.8. The van der Waals surface area contributed by atoms with E-state index in [1.54, 1.807) is 7.11 Å². The summed E-state index contributed by atoms with van der Waals surface area (Å²) in [5.74, 6) is 1.86. The van der Waals surface area contributed by atoms with E-state index in [-0.39, 0.29) is 0 Å². The summed E-state index contributed by atoms with van der Waals surface area (Å²) in [5.41, 5.74) is 5.56. The predicted molar refractivity (Wildman–Crippen MR) is 88.5 cm³/mol. The standard InChI is InChI=1S/C18H17N3O/c1-11-9-16(22-2)13(12-7-8-19-18(11)12)10-17-20-14-5-3-4-6-15(14)21-17/h3-9,19H,10H2,1-2H3,(H,20,21). The van der Waals surface area contributed by atoms with E-state index in [1.807, 2.05) is 30.5 Å². The largest absolute Gasteiger partial charge is 0.496 e. The van der Waals surface area contributed by atoms with Gasteiger partial charge < -0.3 is 14.7 Å². The van der Waals surface area contributed by atoms with Gasteiger partial charge in [-0.1, -0.05) is 12.1 Å². The van der Waals surface area contributed by atoms with Gasteiger partial charge in [0, 0.05) is 29.1 Å². The van der Waals surface area contributed by atoms with Crippen LogP contribution < -0.4 is 4.74 Å². The fourth-order valence-electron chi connectivity index (χ4n) is 3.06. The summed E-state index contributed by atoms with van der Waals surface area (Å²) in [4.78, 5) is 11.4. The van der Waals surface area contributed by atoms with Crippen molar-refractivity contribution in [1.82, 2.24) is 15.0 Å². The Morgan fingerprint density at radius 1 is 1.18 bits per heavy atom. The average molecular weight is 291 g/mol. The minimum atomic E-state index is 0.715. The van der Waals surface area contributed by atoms with Crippen molar-refractivity contribution in [2.75, 3.05) is 7.11 Å². The van der Waals surface area contributed by atoms with E-state index in [0.717, 1.165) is 33.7 Å². The molecule has 0 aliphatic heterocycles. The van der Waals surface area contributed by atoms with E-state index in [1.165, 1.54) is 10.9 Å². The summed E-state index contributed by atoms with van der Waals surface area (Å²) in [6.45, 7) is 2.09. The van der Waals surface area contributed by atoms with Crippen LogP contribution in [0.4, 0.5) is 0 Å². The van der Waals surface area contributed by atoms with E-state index in [2.05, 4.69) is 34.0 Å². The summed E-state index contributed by atoms with van der Waals surface area (Å²) in [7, 11) is 1.72. The molecule has 22 heavy (non-hydrogen) atoms. The minimum absolute atomic E-state index is 0.715. The average Bonchev–Trinajstić information content (AvgIpc) is 3.15. The highest BCUT2D eigenvalue weighted by molar-refractivity contribution is 5.88. The first kappa shape index (κ1) is 13.0. The van der Waals surface area contributed by atoms with Gasteiger partial charge in [-0.2, -0.15) is 0 Å². The van der Waals surface area contributed by atoms with Gasteiger partial charge in [-0.15, -0.1) is 0 Å². The highest BCUT2D eigenvalue weighted by atomic mass is 16.5. The van der Waals surface area contributed by atoms with Gasteiger partial charge in [0.25, 0.3) is 0 Å². The first-order valence-electron chi connectivity index (χ1n) is 7.33. The van der Waals surface area contributed by atoms with Crippen molar-refractivity contribution in [2.45, 2.75) is 13.3 Å². The summed E-state index contributed by atoms with van der Waals surface area (Å²) in [6, 6.07) is 12.3. The normalized spacial score (nSPS) is 11.4. The van der Waals surface area contributed by atoms with Crippen LogP contribution in [0.5, 0.6) is 5.75 Å². The zero-order valence-electron chi connectivity index (χ0n) is 12.6. The van der Waals surface area contributed by atoms with Crippen molar-refractivity contribution in [2.24, 2.45) is 0 Å². The number of nitrogens with one attached hydrogen (secondary N) is 2. The molecule has 0 amide bonds. The fourth-order valence-corrected chi connectivity index (χ4v) is 3.06. The maximum absolute atomic E-state index is 5.59. The van der Waals surface area contributed by atoms with Gasteiger partial charge in [0.2, 0.25) is 0 Å². The Balaban J connectivity index is 1.86. The van der Waals surface area contributed by atoms with Crippen LogP contribution in [0, 0.1) is 6.92 Å². The van der Waals surface area contributed by atoms with Crippen molar-refractivity contribution in [1.29, 1.82) is 0 Å². The third kappa shape index (κ3) is 1.96. The molecule has 110 valence electrons. The number of nitrogens with zero attached hydrogens (tertiary/aromatic N) is 1. The molecule has 2 heterocycles. The van der Waals surface area contributed by atoms with Crippen molar-refractivity contribution in [3.05, 3.63) is 59.5 Å². The van der Waals surface area contributed by atoms with Crippen LogP contribution >= 0.6 is 0 Å². The number of imidazole rings is 1. The molecule has 4 nitrogen and oxygen atoms in total. The number of rotatable bonds is 3. The summed E-state index contributed by atoms with van der Waals surface area (Å²) < 4.78 is 5.59. The number of aryl methyl sites for hydroxylation is 1. The third-order valence-electron chi connectivity index (χ3n) is 4.11. The highest BCUT2D eigenvalue weighted by Gasteiger charge is 2.14. The molecule has 4 heteroatoms. The van der Waals surface area contributed by atoms with E-state index in [4.69, 9.17) is 4.74 Å². The second-order valence-corrected chi connectivity index (χ2v) is 5.52. The van der Waals surface area contributed by atoms with Crippen LogP contribution in [-0.4, -0.2) is 22.1 Å². The maximum Gasteiger partial charge on any atom is 0.123 e. The van der Waals surface area contributed by atoms with Gasteiger partial charge in [-0.05, 0) is 36.8 Å². The van der Waals surface area contributed by atoms with Crippen LogP contribution in [-0.2, 0) is 6.42 Å².